The number of nitrogens with one attached hydrogen (secondary N) is 1. The highest BCUT2D eigenvalue weighted by Crippen LogP contribution is 2.29. The van der Waals surface area contributed by atoms with Crippen LogP contribution in [0.1, 0.15) is 43.6 Å². The van der Waals surface area contributed by atoms with E-state index in [0.29, 0.717) is 25.2 Å². The van der Waals surface area contributed by atoms with Crippen molar-refractivity contribution in [2.24, 2.45) is 0 Å². The molecule has 1 N–H and O–H groups in total. The first-order valence-corrected chi connectivity index (χ1v) is 7.42. The number of amides is 2. The summed E-state index contributed by atoms with van der Waals surface area (Å²) in [7, 11) is 0. The SMILES string of the molecule is O=C1CCCC(=O)N1c1cccc(C2CCNCC2)c1. The predicted octanol–water partition coefficient (Wildman–Crippen LogP) is 2.20. The molecule has 2 amide bonds. The van der Waals surface area contributed by atoms with E-state index in [-0.39, 0.29) is 11.8 Å². The van der Waals surface area contributed by atoms with Gasteiger partial charge in [0.1, 0.15) is 0 Å². The van der Waals surface area contributed by atoms with Crippen LogP contribution in [0.4, 0.5) is 5.69 Å². The summed E-state index contributed by atoms with van der Waals surface area (Å²) in [5.41, 5.74) is 1.99. The van der Waals surface area contributed by atoms with Crippen molar-refractivity contribution in [1.29, 1.82) is 0 Å². The maximum Gasteiger partial charge on any atom is 0.233 e. The van der Waals surface area contributed by atoms with Crippen LogP contribution in [-0.4, -0.2) is 24.9 Å². The number of carbonyl (C=O) groups excluding carboxylic acids is 2. The summed E-state index contributed by atoms with van der Waals surface area (Å²) in [6.45, 7) is 2.08. The van der Waals surface area contributed by atoms with Gasteiger partial charge in [-0.1, -0.05) is 12.1 Å². The van der Waals surface area contributed by atoms with Gasteiger partial charge < -0.3 is 5.32 Å². The third kappa shape index (κ3) is 2.61. The van der Waals surface area contributed by atoms with Crippen molar-refractivity contribution in [2.45, 2.75) is 38.0 Å². The van der Waals surface area contributed by atoms with Gasteiger partial charge in [-0.15, -0.1) is 0 Å². The lowest BCUT2D eigenvalue weighted by molar-refractivity contribution is -0.129. The average molecular weight is 272 g/mol. The molecule has 1 aromatic rings. The lowest BCUT2D eigenvalue weighted by atomic mass is 9.90. The summed E-state index contributed by atoms with van der Waals surface area (Å²) in [6, 6.07) is 7.96. The molecule has 2 aliphatic heterocycles. The Morgan fingerprint density at radius 1 is 1.05 bits per heavy atom. The normalized spacial score (nSPS) is 21.3. The Balaban J connectivity index is 1.86. The third-order valence-electron chi connectivity index (χ3n) is 4.22. The van der Waals surface area contributed by atoms with Crippen LogP contribution in [0.15, 0.2) is 24.3 Å². The summed E-state index contributed by atoms with van der Waals surface area (Å²) in [5.74, 6) is 0.401. The highest BCUT2D eigenvalue weighted by Gasteiger charge is 2.27. The largest absolute Gasteiger partial charge is 0.317 e. The standard InChI is InChI=1S/C16H20N2O2/c19-15-5-2-6-16(20)18(15)14-4-1-3-13(11-14)12-7-9-17-10-8-12/h1,3-4,11-12,17H,2,5-10H2. The van der Waals surface area contributed by atoms with E-state index in [1.54, 1.807) is 0 Å². The molecule has 0 unspecified atom stereocenters. The molecule has 3 rings (SSSR count). The minimum absolute atomic E-state index is 0.0660. The van der Waals surface area contributed by atoms with Gasteiger partial charge >= 0.3 is 0 Å². The molecule has 4 nitrogen and oxygen atoms in total. The van der Waals surface area contributed by atoms with Crippen LogP contribution in [0.5, 0.6) is 0 Å². The molecule has 0 spiro atoms. The van der Waals surface area contributed by atoms with Crippen molar-refractivity contribution in [2.75, 3.05) is 18.0 Å². The number of nitrogens with zero attached hydrogens (tertiary/aromatic N) is 1. The number of rotatable bonds is 2. The molecule has 0 aromatic heterocycles. The molecule has 0 aliphatic carbocycles. The van der Waals surface area contributed by atoms with Crippen molar-refractivity contribution in [1.82, 2.24) is 5.32 Å². The number of hydrogen-bond acceptors (Lipinski definition) is 3. The topological polar surface area (TPSA) is 49.4 Å². The van der Waals surface area contributed by atoms with Crippen LogP contribution >= 0.6 is 0 Å². The van der Waals surface area contributed by atoms with Crippen molar-refractivity contribution in [3.8, 4) is 0 Å². The number of imide groups is 1. The first kappa shape index (κ1) is 13.3. The first-order chi connectivity index (χ1) is 9.75. The van der Waals surface area contributed by atoms with E-state index < -0.39 is 0 Å². The Kier molecular flexibility index (Phi) is 3.83. The Morgan fingerprint density at radius 3 is 2.45 bits per heavy atom. The van der Waals surface area contributed by atoms with Gasteiger partial charge in [-0.3, -0.25) is 14.5 Å². The monoisotopic (exact) mass is 272 g/mol. The van der Waals surface area contributed by atoms with Crippen LogP contribution in [0.3, 0.4) is 0 Å². The van der Waals surface area contributed by atoms with Gasteiger partial charge in [-0.05, 0) is 56.0 Å². The minimum Gasteiger partial charge on any atom is -0.317 e. The van der Waals surface area contributed by atoms with Crippen molar-refractivity contribution >= 4 is 17.5 Å². The fourth-order valence-corrected chi connectivity index (χ4v) is 3.11. The molecule has 2 fully saturated rings. The summed E-state index contributed by atoms with van der Waals surface area (Å²) in [5, 5.41) is 3.36. The molecule has 0 saturated carbocycles. The van der Waals surface area contributed by atoms with E-state index in [0.717, 1.165) is 31.6 Å². The zero-order valence-corrected chi connectivity index (χ0v) is 11.6. The van der Waals surface area contributed by atoms with E-state index in [1.807, 2.05) is 18.2 Å². The second-order valence-corrected chi connectivity index (χ2v) is 5.60. The Bertz CT molecular complexity index is 505. The summed E-state index contributed by atoms with van der Waals surface area (Å²) >= 11 is 0. The molecule has 0 radical (unpaired) electrons. The summed E-state index contributed by atoms with van der Waals surface area (Å²) in [4.78, 5) is 25.3. The van der Waals surface area contributed by atoms with E-state index in [9.17, 15) is 9.59 Å². The van der Waals surface area contributed by atoms with Gasteiger partial charge in [0.25, 0.3) is 0 Å². The maximum atomic E-state index is 12.0. The lowest BCUT2D eigenvalue weighted by Crippen LogP contribution is -2.40. The lowest BCUT2D eigenvalue weighted by Gasteiger charge is -2.27. The van der Waals surface area contributed by atoms with Gasteiger partial charge in [0.2, 0.25) is 11.8 Å². The number of anilines is 1. The molecular weight excluding hydrogens is 252 g/mol. The molecule has 2 heterocycles. The van der Waals surface area contributed by atoms with E-state index >= 15 is 0 Å². The first-order valence-electron chi connectivity index (χ1n) is 7.42. The number of hydrogen-bond donors (Lipinski definition) is 1. The van der Waals surface area contributed by atoms with Gasteiger partial charge in [0.15, 0.2) is 0 Å². The van der Waals surface area contributed by atoms with Gasteiger partial charge in [-0.25, -0.2) is 0 Å². The van der Waals surface area contributed by atoms with Crippen molar-refractivity contribution < 1.29 is 9.59 Å². The zero-order valence-electron chi connectivity index (χ0n) is 11.6. The predicted molar refractivity (Wildman–Crippen MR) is 77.6 cm³/mol. The second kappa shape index (κ2) is 5.75. The van der Waals surface area contributed by atoms with Crippen LogP contribution in [0.25, 0.3) is 0 Å². The Labute approximate surface area is 119 Å². The van der Waals surface area contributed by atoms with Gasteiger partial charge in [0.05, 0.1) is 5.69 Å². The van der Waals surface area contributed by atoms with Gasteiger partial charge in [-0.2, -0.15) is 0 Å². The average Bonchev–Trinajstić information content (AvgIpc) is 2.48. The highest BCUT2D eigenvalue weighted by molar-refractivity contribution is 6.16. The third-order valence-corrected chi connectivity index (χ3v) is 4.22. The molecule has 0 atom stereocenters. The second-order valence-electron chi connectivity index (χ2n) is 5.60. The van der Waals surface area contributed by atoms with E-state index in [1.165, 1.54) is 10.5 Å². The van der Waals surface area contributed by atoms with Crippen LogP contribution < -0.4 is 10.2 Å². The maximum absolute atomic E-state index is 12.0. The van der Waals surface area contributed by atoms with Crippen LogP contribution in [0.2, 0.25) is 0 Å². The Morgan fingerprint density at radius 2 is 1.75 bits per heavy atom. The molecule has 106 valence electrons. The fraction of sp³-hybridized carbons (Fsp3) is 0.500. The fourth-order valence-electron chi connectivity index (χ4n) is 3.11. The molecule has 1 aromatic carbocycles. The molecule has 20 heavy (non-hydrogen) atoms. The molecular formula is C16H20N2O2. The summed E-state index contributed by atoms with van der Waals surface area (Å²) in [6.07, 6.45) is 3.87. The minimum atomic E-state index is -0.0660. The molecule has 2 saturated heterocycles. The Hall–Kier alpha value is -1.68. The highest BCUT2D eigenvalue weighted by atomic mass is 16.2. The smallest absolute Gasteiger partial charge is 0.233 e. The number of carbonyl (C=O) groups is 2. The molecule has 0 bridgehead atoms. The van der Waals surface area contributed by atoms with E-state index in [2.05, 4.69) is 11.4 Å². The van der Waals surface area contributed by atoms with Crippen molar-refractivity contribution in [3.05, 3.63) is 29.8 Å². The number of benzene rings is 1. The van der Waals surface area contributed by atoms with Crippen LogP contribution in [-0.2, 0) is 9.59 Å². The summed E-state index contributed by atoms with van der Waals surface area (Å²) < 4.78 is 0. The van der Waals surface area contributed by atoms with Gasteiger partial charge in [0, 0.05) is 12.8 Å². The quantitative estimate of drug-likeness (QED) is 0.840. The zero-order chi connectivity index (χ0) is 13.9. The number of piperidine rings is 2. The molecule has 2 aliphatic rings. The van der Waals surface area contributed by atoms with E-state index in [4.69, 9.17) is 0 Å². The van der Waals surface area contributed by atoms with Crippen molar-refractivity contribution in [3.63, 3.8) is 0 Å². The van der Waals surface area contributed by atoms with Crippen LogP contribution in [0, 0.1) is 0 Å². The molecule has 4 heteroatoms.